The fourth-order valence-corrected chi connectivity index (χ4v) is 2.72. The van der Waals surface area contributed by atoms with E-state index in [2.05, 4.69) is 34.6 Å². The molecule has 0 N–H and O–H groups in total. The maximum atomic E-state index is 2.49. The molecular formula is C13H26. The molecule has 0 atom stereocenters. The largest absolute Gasteiger partial charge is 0.0628 e. The average Bonchev–Trinajstić information content (AvgIpc) is 1.95. The first kappa shape index (κ1) is 11.1. The second-order valence-electron chi connectivity index (χ2n) is 6.57. The van der Waals surface area contributed by atoms with Crippen molar-refractivity contribution in [2.75, 3.05) is 0 Å². The predicted molar refractivity (Wildman–Crippen MR) is 59.8 cm³/mol. The Hall–Kier alpha value is 0. The van der Waals surface area contributed by atoms with E-state index in [9.17, 15) is 0 Å². The Morgan fingerprint density at radius 1 is 0.923 bits per heavy atom. The third-order valence-corrected chi connectivity index (χ3v) is 3.71. The molecule has 0 aromatic rings. The number of rotatable bonds is 2. The summed E-state index contributed by atoms with van der Waals surface area (Å²) in [7, 11) is 0. The van der Waals surface area contributed by atoms with Crippen LogP contribution < -0.4 is 0 Å². The second-order valence-corrected chi connectivity index (χ2v) is 6.57. The molecule has 0 heterocycles. The first-order valence-corrected chi connectivity index (χ1v) is 5.83. The first-order valence-electron chi connectivity index (χ1n) is 5.83. The third-order valence-electron chi connectivity index (χ3n) is 3.71. The molecule has 0 aromatic heterocycles. The summed E-state index contributed by atoms with van der Waals surface area (Å²) in [6.45, 7) is 12.0. The molecule has 0 spiro atoms. The van der Waals surface area contributed by atoms with E-state index < -0.39 is 0 Å². The van der Waals surface area contributed by atoms with Crippen LogP contribution in [0.5, 0.6) is 0 Å². The van der Waals surface area contributed by atoms with Gasteiger partial charge >= 0.3 is 0 Å². The minimum Gasteiger partial charge on any atom is -0.0628 e. The highest BCUT2D eigenvalue weighted by Gasteiger charge is 2.34. The van der Waals surface area contributed by atoms with Crippen molar-refractivity contribution in [2.45, 2.75) is 66.7 Å². The normalized spacial score (nSPS) is 26.3. The molecule has 0 heteroatoms. The van der Waals surface area contributed by atoms with Crippen molar-refractivity contribution in [1.82, 2.24) is 0 Å². The monoisotopic (exact) mass is 182 g/mol. The maximum absolute atomic E-state index is 2.49. The van der Waals surface area contributed by atoms with E-state index in [1.165, 1.54) is 32.1 Å². The fraction of sp³-hybridized carbons (Fsp3) is 1.00. The highest BCUT2D eigenvalue weighted by Crippen LogP contribution is 2.47. The summed E-state index contributed by atoms with van der Waals surface area (Å²) in [4.78, 5) is 0. The molecule has 0 saturated heterocycles. The summed E-state index contributed by atoms with van der Waals surface area (Å²) in [6, 6.07) is 0. The van der Waals surface area contributed by atoms with Crippen molar-refractivity contribution in [1.29, 1.82) is 0 Å². The van der Waals surface area contributed by atoms with Crippen molar-refractivity contribution < 1.29 is 0 Å². The van der Waals surface area contributed by atoms with Crippen LogP contribution in [0.3, 0.4) is 0 Å². The molecular weight excluding hydrogens is 156 g/mol. The van der Waals surface area contributed by atoms with Crippen LogP contribution in [0.15, 0.2) is 0 Å². The van der Waals surface area contributed by atoms with E-state index in [1.54, 1.807) is 0 Å². The zero-order chi connectivity index (χ0) is 10.1. The van der Waals surface area contributed by atoms with Crippen LogP contribution in [0.4, 0.5) is 0 Å². The topological polar surface area (TPSA) is 0 Å². The summed E-state index contributed by atoms with van der Waals surface area (Å²) in [5.41, 5.74) is 1.28. The number of hydrogen-bond donors (Lipinski definition) is 0. The summed E-state index contributed by atoms with van der Waals surface area (Å²) < 4.78 is 0. The van der Waals surface area contributed by atoms with Gasteiger partial charge in [0.05, 0.1) is 0 Å². The molecule has 0 aromatic carbocycles. The Morgan fingerprint density at radius 2 is 1.38 bits per heavy atom. The van der Waals surface area contributed by atoms with Crippen LogP contribution in [-0.4, -0.2) is 0 Å². The van der Waals surface area contributed by atoms with Gasteiger partial charge in [0.25, 0.3) is 0 Å². The average molecular weight is 182 g/mol. The van der Waals surface area contributed by atoms with Gasteiger partial charge in [0.15, 0.2) is 0 Å². The Bertz CT molecular complexity index is 155. The van der Waals surface area contributed by atoms with Crippen LogP contribution in [0.25, 0.3) is 0 Å². The van der Waals surface area contributed by atoms with Gasteiger partial charge in [0, 0.05) is 0 Å². The zero-order valence-electron chi connectivity index (χ0n) is 10.1. The van der Waals surface area contributed by atoms with Crippen molar-refractivity contribution >= 4 is 0 Å². The van der Waals surface area contributed by atoms with E-state index in [0.29, 0.717) is 10.8 Å². The van der Waals surface area contributed by atoms with E-state index in [0.717, 1.165) is 5.92 Å². The minimum absolute atomic E-state index is 0.622. The highest BCUT2D eigenvalue weighted by molar-refractivity contribution is 4.86. The summed E-state index contributed by atoms with van der Waals surface area (Å²) in [6.07, 6.45) is 7.16. The van der Waals surface area contributed by atoms with Gasteiger partial charge in [-0.05, 0) is 48.9 Å². The molecule has 0 unspecified atom stereocenters. The molecule has 0 aliphatic heterocycles. The molecule has 0 bridgehead atoms. The standard InChI is InChI=1S/C13H26/c1-11(2)10-13(5)8-6-12(3,4)7-9-13/h11H,6-10H2,1-5H3. The smallest absolute Gasteiger partial charge is 0.0323 e. The van der Waals surface area contributed by atoms with Gasteiger partial charge in [0.1, 0.15) is 0 Å². The minimum atomic E-state index is 0.622. The van der Waals surface area contributed by atoms with Crippen LogP contribution >= 0.6 is 0 Å². The van der Waals surface area contributed by atoms with Gasteiger partial charge in [-0.2, -0.15) is 0 Å². The van der Waals surface area contributed by atoms with Gasteiger partial charge in [-0.3, -0.25) is 0 Å². The molecule has 1 aliphatic carbocycles. The number of hydrogen-bond acceptors (Lipinski definition) is 0. The quantitative estimate of drug-likeness (QED) is 0.583. The Morgan fingerprint density at radius 3 is 1.77 bits per heavy atom. The zero-order valence-corrected chi connectivity index (χ0v) is 10.1. The third kappa shape index (κ3) is 3.32. The van der Waals surface area contributed by atoms with Crippen LogP contribution in [0, 0.1) is 16.7 Å². The maximum Gasteiger partial charge on any atom is -0.0323 e. The van der Waals surface area contributed by atoms with E-state index in [4.69, 9.17) is 0 Å². The lowest BCUT2D eigenvalue weighted by Crippen LogP contribution is -2.29. The molecule has 1 saturated carbocycles. The fourth-order valence-electron chi connectivity index (χ4n) is 2.72. The van der Waals surface area contributed by atoms with Crippen molar-refractivity contribution in [3.05, 3.63) is 0 Å². The molecule has 0 nitrogen and oxygen atoms in total. The summed E-state index contributed by atoms with van der Waals surface area (Å²) in [5, 5.41) is 0. The Labute approximate surface area is 84.1 Å². The first-order chi connectivity index (χ1) is 5.83. The van der Waals surface area contributed by atoms with Crippen molar-refractivity contribution in [3.63, 3.8) is 0 Å². The lowest BCUT2D eigenvalue weighted by atomic mass is 9.63. The van der Waals surface area contributed by atoms with Gasteiger partial charge in [-0.25, -0.2) is 0 Å². The SMILES string of the molecule is CC(C)CC1(C)CCC(C)(C)CC1. The van der Waals surface area contributed by atoms with Crippen LogP contribution in [-0.2, 0) is 0 Å². The Balaban J connectivity index is 2.47. The lowest BCUT2D eigenvalue weighted by Gasteiger charge is -2.42. The second kappa shape index (κ2) is 3.63. The van der Waals surface area contributed by atoms with Gasteiger partial charge in [0.2, 0.25) is 0 Å². The molecule has 0 radical (unpaired) electrons. The van der Waals surface area contributed by atoms with Gasteiger partial charge in [-0.15, -0.1) is 0 Å². The molecule has 1 aliphatic rings. The van der Waals surface area contributed by atoms with Crippen LogP contribution in [0.1, 0.15) is 66.7 Å². The molecule has 1 rings (SSSR count). The van der Waals surface area contributed by atoms with Gasteiger partial charge in [-0.1, -0.05) is 34.6 Å². The molecule has 1 fully saturated rings. The highest BCUT2D eigenvalue weighted by atomic mass is 14.4. The van der Waals surface area contributed by atoms with E-state index >= 15 is 0 Å². The lowest BCUT2D eigenvalue weighted by molar-refractivity contribution is 0.0966. The summed E-state index contributed by atoms with van der Waals surface area (Å²) in [5.74, 6) is 0.867. The van der Waals surface area contributed by atoms with E-state index in [-0.39, 0.29) is 0 Å². The van der Waals surface area contributed by atoms with Crippen molar-refractivity contribution in [3.8, 4) is 0 Å². The van der Waals surface area contributed by atoms with E-state index in [1.807, 2.05) is 0 Å². The van der Waals surface area contributed by atoms with Gasteiger partial charge < -0.3 is 0 Å². The van der Waals surface area contributed by atoms with Crippen molar-refractivity contribution in [2.24, 2.45) is 16.7 Å². The predicted octanol–water partition coefficient (Wildman–Crippen LogP) is 4.64. The molecule has 78 valence electrons. The van der Waals surface area contributed by atoms with Crippen LogP contribution in [0.2, 0.25) is 0 Å². The molecule has 0 amide bonds. The Kier molecular flexibility index (Phi) is 3.09. The molecule has 13 heavy (non-hydrogen) atoms. The summed E-state index contributed by atoms with van der Waals surface area (Å²) >= 11 is 0.